The number of nitrogens with one attached hydrogen (secondary N) is 2. The van der Waals surface area contributed by atoms with E-state index in [4.69, 9.17) is 11.6 Å². The number of alkyl halides is 3. The van der Waals surface area contributed by atoms with E-state index in [0.29, 0.717) is 11.1 Å². The van der Waals surface area contributed by atoms with Gasteiger partial charge in [-0.2, -0.15) is 13.2 Å². The molecule has 10 heteroatoms. The van der Waals surface area contributed by atoms with Crippen LogP contribution in [0.5, 0.6) is 0 Å². The molecule has 174 valence electrons. The summed E-state index contributed by atoms with van der Waals surface area (Å²) in [5.41, 5.74) is 0.740. The van der Waals surface area contributed by atoms with Crippen molar-refractivity contribution in [3.63, 3.8) is 0 Å². The van der Waals surface area contributed by atoms with Crippen LogP contribution in [0.3, 0.4) is 0 Å². The van der Waals surface area contributed by atoms with Gasteiger partial charge in [0, 0.05) is 39.6 Å². The van der Waals surface area contributed by atoms with Crippen LogP contribution in [-0.2, 0) is 12.6 Å². The third kappa shape index (κ3) is 3.66. The van der Waals surface area contributed by atoms with Gasteiger partial charge >= 0.3 is 12.2 Å². The van der Waals surface area contributed by atoms with Crippen LogP contribution in [0.2, 0.25) is 5.02 Å². The van der Waals surface area contributed by atoms with Crippen molar-refractivity contribution in [3.05, 3.63) is 93.3 Å². The Morgan fingerprint density at radius 1 is 1.12 bits per heavy atom. The van der Waals surface area contributed by atoms with Gasteiger partial charge in [0.15, 0.2) is 0 Å². The molecule has 0 fully saturated rings. The molecule has 1 unspecified atom stereocenters. The topological polar surface area (TPSA) is 61.4 Å². The molecule has 0 saturated heterocycles. The second-order valence-electron chi connectivity index (χ2n) is 7.97. The van der Waals surface area contributed by atoms with Gasteiger partial charge in [-0.15, -0.1) is 0 Å². The third-order valence-electron chi connectivity index (χ3n) is 6.00. The molecule has 0 aromatic heterocycles. The Morgan fingerprint density at radius 2 is 1.88 bits per heavy atom. The maximum Gasteiger partial charge on any atom is 0.416 e. The molecule has 2 aliphatic heterocycles. The fraction of sp³-hybridized carbons (Fsp3) is 0.167. The van der Waals surface area contributed by atoms with E-state index in [9.17, 15) is 27.2 Å². The number of anilines is 2. The highest BCUT2D eigenvalue weighted by molar-refractivity contribution is 6.31. The first-order valence-electron chi connectivity index (χ1n) is 10.3. The first-order chi connectivity index (χ1) is 16.1. The molecule has 3 aromatic rings. The van der Waals surface area contributed by atoms with E-state index in [1.165, 1.54) is 35.2 Å². The smallest absolute Gasteiger partial charge is 0.341 e. The predicted molar refractivity (Wildman–Crippen MR) is 119 cm³/mol. The second kappa shape index (κ2) is 8.02. The molecule has 3 aromatic carbocycles. The van der Waals surface area contributed by atoms with Crippen molar-refractivity contribution in [1.29, 1.82) is 0 Å². The van der Waals surface area contributed by atoms with Crippen LogP contribution < -0.4 is 15.5 Å². The van der Waals surface area contributed by atoms with Crippen molar-refractivity contribution in [1.82, 2.24) is 5.32 Å². The average Bonchev–Trinajstić information content (AvgIpc) is 3.37. The number of benzene rings is 3. The first-order valence-corrected chi connectivity index (χ1v) is 10.7. The lowest BCUT2D eigenvalue weighted by Crippen LogP contribution is -2.33. The molecule has 0 aliphatic carbocycles. The molecule has 3 amide bonds. The van der Waals surface area contributed by atoms with E-state index in [-0.39, 0.29) is 40.5 Å². The molecule has 0 spiro atoms. The number of halogens is 5. The lowest BCUT2D eigenvalue weighted by Gasteiger charge is -2.22. The van der Waals surface area contributed by atoms with Crippen LogP contribution in [0, 0.1) is 5.82 Å². The average molecular weight is 490 g/mol. The SMILES string of the molecule is O=C1NC(c2cc(F)ccc2Cl)c2c(NC(=O)N3CCc4c3cccc4C(F)(F)F)cccc21. The first kappa shape index (κ1) is 22.2. The van der Waals surface area contributed by atoms with Gasteiger partial charge in [-0.1, -0.05) is 23.7 Å². The molecular formula is C24H16ClF4N3O2. The van der Waals surface area contributed by atoms with Crippen molar-refractivity contribution in [2.75, 3.05) is 16.8 Å². The van der Waals surface area contributed by atoms with Crippen molar-refractivity contribution >= 4 is 34.9 Å². The van der Waals surface area contributed by atoms with E-state index in [1.807, 2.05) is 0 Å². The zero-order valence-corrected chi connectivity index (χ0v) is 18.1. The summed E-state index contributed by atoms with van der Waals surface area (Å²) >= 11 is 6.25. The molecule has 2 aliphatic rings. The maximum atomic E-state index is 13.9. The van der Waals surface area contributed by atoms with E-state index in [2.05, 4.69) is 10.6 Å². The summed E-state index contributed by atoms with van der Waals surface area (Å²) in [6.07, 6.45) is -4.46. The predicted octanol–water partition coefficient (Wildman–Crippen LogP) is 5.93. The van der Waals surface area contributed by atoms with Crippen molar-refractivity contribution in [2.45, 2.75) is 18.6 Å². The summed E-state index contributed by atoms with van der Waals surface area (Å²) in [5.74, 6) is -0.962. The van der Waals surface area contributed by atoms with Gasteiger partial charge in [0.25, 0.3) is 5.91 Å². The number of rotatable bonds is 2. The quantitative estimate of drug-likeness (QED) is 0.439. The Labute approximate surface area is 196 Å². The highest BCUT2D eigenvalue weighted by atomic mass is 35.5. The fourth-order valence-electron chi connectivity index (χ4n) is 4.53. The minimum absolute atomic E-state index is 0.0599. The zero-order valence-electron chi connectivity index (χ0n) is 17.3. The number of fused-ring (bicyclic) bond motifs is 2. The van der Waals surface area contributed by atoms with E-state index >= 15 is 0 Å². The number of carbonyl (C=O) groups is 2. The molecule has 0 saturated carbocycles. The Hall–Kier alpha value is -3.59. The third-order valence-corrected chi connectivity index (χ3v) is 6.35. The largest absolute Gasteiger partial charge is 0.416 e. The normalized spacial score (nSPS) is 16.8. The molecule has 5 nitrogen and oxygen atoms in total. The number of nitrogens with zero attached hydrogens (tertiary/aromatic N) is 1. The molecule has 5 rings (SSSR count). The molecule has 2 N–H and O–H groups in total. The van der Waals surface area contributed by atoms with Crippen LogP contribution in [0.25, 0.3) is 0 Å². The summed E-state index contributed by atoms with van der Waals surface area (Å²) in [6, 6.07) is 10.7. The highest BCUT2D eigenvalue weighted by Gasteiger charge is 2.38. The minimum Gasteiger partial charge on any atom is -0.341 e. The lowest BCUT2D eigenvalue weighted by atomic mass is 9.96. The molecule has 1 atom stereocenters. The monoisotopic (exact) mass is 489 g/mol. The van der Waals surface area contributed by atoms with Gasteiger partial charge in [-0.25, -0.2) is 9.18 Å². The standard InChI is InChI=1S/C24H16ClF4N3O2/c25-17-8-7-12(26)11-15(17)21-20-14(22(33)31-21)3-1-5-18(20)30-23(34)32-10-9-13-16(24(27,28)29)4-2-6-19(13)32/h1-8,11,21H,9-10H2,(H,30,34)(H,31,33). The Morgan fingerprint density at radius 3 is 2.65 bits per heavy atom. The molecule has 2 heterocycles. The Kier molecular flexibility index (Phi) is 5.24. The number of urea groups is 1. The Balaban J connectivity index is 1.50. The fourth-order valence-corrected chi connectivity index (χ4v) is 4.75. The van der Waals surface area contributed by atoms with Crippen LogP contribution in [0.1, 0.15) is 38.7 Å². The number of amides is 3. The van der Waals surface area contributed by atoms with Gasteiger partial charge in [0.05, 0.1) is 11.6 Å². The van der Waals surface area contributed by atoms with E-state index in [0.717, 1.165) is 6.07 Å². The number of carbonyl (C=O) groups excluding carboxylic acids is 2. The molecule has 0 radical (unpaired) electrons. The molecular weight excluding hydrogens is 474 g/mol. The summed E-state index contributed by atoms with van der Waals surface area (Å²) in [5, 5.41) is 5.69. The number of hydrogen-bond acceptors (Lipinski definition) is 2. The van der Waals surface area contributed by atoms with Gasteiger partial charge < -0.3 is 10.6 Å². The van der Waals surface area contributed by atoms with E-state index in [1.54, 1.807) is 18.2 Å². The van der Waals surface area contributed by atoms with Crippen molar-refractivity contribution in [2.24, 2.45) is 0 Å². The van der Waals surface area contributed by atoms with Crippen LogP contribution in [0.15, 0.2) is 54.6 Å². The van der Waals surface area contributed by atoms with Gasteiger partial charge in [-0.05, 0) is 54.4 Å². The summed E-state index contributed by atoms with van der Waals surface area (Å²) in [7, 11) is 0. The molecule has 0 bridgehead atoms. The Bertz CT molecular complexity index is 1340. The van der Waals surface area contributed by atoms with Gasteiger partial charge in [0.1, 0.15) is 5.82 Å². The van der Waals surface area contributed by atoms with Gasteiger partial charge in [-0.3, -0.25) is 9.69 Å². The van der Waals surface area contributed by atoms with Crippen LogP contribution in [0.4, 0.5) is 33.7 Å². The van der Waals surface area contributed by atoms with Gasteiger partial charge in [0.2, 0.25) is 0 Å². The summed E-state index contributed by atoms with van der Waals surface area (Å²) < 4.78 is 54.0. The minimum atomic E-state index is -4.53. The number of hydrogen-bond donors (Lipinski definition) is 2. The maximum absolute atomic E-state index is 13.9. The van der Waals surface area contributed by atoms with Crippen molar-refractivity contribution in [3.8, 4) is 0 Å². The zero-order chi connectivity index (χ0) is 24.2. The van der Waals surface area contributed by atoms with Crippen LogP contribution >= 0.6 is 11.6 Å². The van der Waals surface area contributed by atoms with Crippen molar-refractivity contribution < 1.29 is 27.2 Å². The highest BCUT2D eigenvalue weighted by Crippen LogP contribution is 2.41. The summed E-state index contributed by atoms with van der Waals surface area (Å²) in [6.45, 7) is 0.0691. The van der Waals surface area contributed by atoms with E-state index < -0.39 is 35.5 Å². The van der Waals surface area contributed by atoms with Crippen LogP contribution in [-0.4, -0.2) is 18.5 Å². The second-order valence-corrected chi connectivity index (χ2v) is 8.38. The lowest BCUT2D eigenvalue weighted by molar-refractivity contribution is -0.138. The summed E-state index contributed by atoms with van der Waals surface area (Å²) in [4.78, 5) is 26.9. The molecule has 34 heavy (non-hydrogen) atoms.